The molecule has 2 N–H and O–H groups in total. The van der Waals surface area contributed by atoms with Crippen LogP contribution >= 0.6 is 11.8 Å². The van der Waals surface area contributed by atoms with Crippen molar-refractivity contribution < 1.29 is 4.74 Å². The summed E-state index contributed by atoms with van der Waals surface area (Å²) in [5, 5.41) is 4.96. The standard InChI is InChI=1S/C16H23N3OS/c1-4-9-17-15(12(2)21-16-18-10-11-19-16)13-5-7-14(20-3)8-6-13/h5-8,10-12,15,17H,4,9H2,1-3H3,(H,18,19). The number of ether oxygens (including phenoxy) is 1. The number of hydrogen-bond donors (Lipinski definition) is 2. The third-order valence-electron chi connectivity index (χ3n) is 3.33. The summed E-state index contributed by atoms with van der Waals surface area (Å²) in [5.74, 6) is 0.888. The van der Waals surface area contributed by atoms with E-state index in [-0.39, 0.29) is 6.04 Å². The van der Waals surface area contributed by atoms with Gasteiger partial charge in [-0.15, -0.1) is 0 Å². The molecule has 0 bridgehead atoms. The van der Waals surface area contributed by atoms with Crippen LogP contribution in [0.25, 0.3) is 0 Å². The first-order valence-corrected chi connectivity index (χ1v) is 8.16. The number of hydrogen-bond acceptors (Lipinski definition) is 4. The molecule has 21 heavy (non-hydrogen) atoms. The van der Waals surface area contributed by atoms with Crippen molar-refractivity contribution in [1.82, 2.24) is 15.3 Å². The zero-order valence-corrected chi connectivity index (χ0v) is 13.6. The fourth-order valence-electron chi connectivity index (χ4n) is 2.23. The first-order valence-electron chi connectivity index (χ1n) is 7.28. The summed E-state index contributed by atoms with van der Waals surface area (Å²) >= 11 is 1.75. The van der Waals surface area contributed by atoms with E-state index in [1.165, 1.54) is 5.56 Å². The number of nitrogens with zero attached hydrogens (tertiary/aromatic N) is 1. The summed E-state index contributed by atoms with van der Waals surface area (Å²) < 4.78 is 5.24. The molecule has 1 aromatic carbocycles. The number of methoxy groups -OCH3 is 1. The maximum absolute atomic E-state index is 5.24. The van der Waals surface area contributed by atoms with Crippen LogP contribution in [-0.2, 0) is 0 Å². The molecular formula is C16H23N3OS. The van der Waals surface area contributed by atoms with E-state index >= 15 is 0 Å². The van der Waals surface area contributed by atoms with Gasteiger partial charge in [-0.3, -0.25) is 0 Å². The lowest BCUT2D eigenvalue weighted by atomic mass is 10.0. The minimum Gasteiger partial charge on any atom is -0.497 e. The molecule has 0 aliphatic heterocycles. The largest absolute Gasteiger partial charge is 0.497 e. The number of aromatic amines is 1. The van der Waals surface area contributed by atoms with Crippen molar-refractivity contribution >= 4 is 11.8 Å². The second-order valence-electron chi connectivity index (χ2n) is 4.92. The molecule has 2 unspecified atom stereocenters. The van der Waals surface area contributed by atoms with Crippen molar-refractivity contribution in [3.8, 4) is 5.75 Å². The Kier molecular flexibility index (Phi) is 6.14. The molecule has 0 aliphatic rings. The van der Waals surface area contributed by atoms with Crippen LogP contribution in [0.1, 0.15) is 31.9 Å². The van der Waals surface area contributed by atoms with Crippen LogP contribution in [-0.4, -0.2) is 28.9 Å². The molecule has 1 aromatic heterocycles. The molecule has 0 saturated heterocycles. The normalized spacial score (nSPS) is 13.9. The lowest BCUT2D eigenvalue weighted by Gasteiger charge is -2.25. The number of aromatic nitrogens is 2. The third-order valence-corrected chi connectivity index (χ3v) is 4.42. The van der Waals surface area contributed by atoms with E-state index in [0.717, 1.165) is 23.9 Å². The molecule has 5 heteroatoms. The van der Waals surface area contributed by atoms with Crippen molar-refractivity contribution in [1.29, 1.82) is 0 Å². The number of rotatable bonds is 8. The smallest absolute Gasteiger partial charge is 0.165 e. The summed E-state index contributed by atoms with van der Waals surface area (Å²) in [6.45, 7) is 5.41. The average molecular weight is 305 g/mol. The molecule has 114 valence electrons. The molecule has 0 saturated carbocycles. The van der Waals surface area contributed by atoms with Gasteiger partial charge in [-0.1, -0.05) is 37.7 Å². The number of benzene rings is 1. The molecular weight excluding hydrogens is 282 g/mol. The molecule has 2 rings (SSSR count). The zero-order chi connectivity index (χ0) is 15.1. The molecule has 4 nitrogen and oxygen atoms in total. The van der Waals surface area contributed by atoms with Gasteiger partial charge in [-0.2, -0.15) is 0 Å². The van der Waals surface area contributed by atoms with Crippen LogP contribution in [0.5, 0.6) is 5.75 Å². The number of nitrogens with one attached hydrogen (secondary N) is 2. The monoisotopic (exact) mass is 305 g/mol. The second kappa shape index (κ2) is 8.10. The Labute approximate surface area is 130 Å². The van der Waals surface area contributed by atoms with Gasteiger partial charge in [0.2, 0.25) is 0 Å². The van der Waals surface area contributed by atoms with Crippen LogP contribution in [0.2, 0.25) is 0 Å². The first-order chi connectivity index (χ1) is 10.2. The number of thioether (sulfide) groups is 1. The predicted molar refractivity (Wildman–Crippen MR) is 87.9 cm³/mol. The van der Waals surface area contributed by atoms with Crippen molar-refractivity contribution in [2.45, 2.75) is 36.7 Å². The molecule has 0 aliphatic carbocycles. The summed E-state index contributed by atoms with van der Waals surface area (Å²) in [7, 11) is 1.69. The summed E-state index contributed by atoms with van der Waals surface area (Å²) in [6, 6.07) is 8.57. The van der Waals surface area contributed by atoms with E-state index in [0.29, 0.717) is 5.25 Å². The minimum atomic E-state index is 0.283. The Morgan fingerprint density at radius 3 is 2.67 bits per heavy atom. The van der Waals surface area contributed by atoms with E-state index in [4.69, 9.17) is 4.74 Å². The van der Waals surface area contributed by atoms with Crippen LogP contribution in [0.4, 0.5) is 0 Å². The SMILES string of the molecule is CCCNC(c1ccc(OC)cc1)C(C)Sc1ncc[nH]1. The Morgan fingerprint density at radius 1 is 1.33 bits per heavy atom. The molecule has 2 atom stereocenters. The molecule has 0 spiro atoms. The Balaban J connectivity index is 2.11. The van der Waals surface area contributed by atoms with Gasteiger partial charge in [0.05, 0.1) is 7.11 Å². The highest BCUT2D eigenvalue weighted by atomic mass is 32.2. The van der Waals surface area contributed by atoms with Gasteiger partial charge < -0.3 is 15.0 Å². The van der Waals surface area contributed by atoms with E-state index in [1.54, 1.807) is 25.1 Å². The average Bonchev–Trinajstić information content (AvgIpc) is 3.01. The number of imidazole rings is 1. The first kappa shape index (κ1) is 15.9. The highest BCUT2D eigenvalue weighted by Gasteiger charge is 2.20. The van der Waals surface area contributed by atoms with E-state index in [1.807, 2.05) is 18.3 Å². The Morgan fingerprint density at radius 2 is 2.10 bits per heavy atom. The van der Waals surface area contributed by atoms with Crippen LogP contribution in [0.15, 0.2) is 41.8 Å². The van der Waals surface area contributed by atoms with Gasteiger partial charge in [0.15, 0.2) is 5.16 Å². The van der Waals surface area contributed by atoms with Gasteiger partial charge in [0.1, 0.15) is 5.75 Å². The minimum absolute atomic E-state index is 0.283. The highest BCUT2D eigenvalue weighted by Crippen LogP contribution is 2.30. The van der Waals surface area contributed by atoms with Gasteiger partial charge in [0.25, 0.3) is 0 Å². The highest BCUT2D eigenvalue weighted by molar-refractivity contribution is 7.99. The second-order valence-corrected chi connectivity index (χ2v) is 6.29. The quantitative estimate of drug-likeness (QED) is 0.731. The van der Waals surface area contributed by atoms with Crippen molar-refractivity contribution in [3.63, 3.8) is 0 Å². The maximum atomic E-state index is 5.24. The van der Waals surface area contributed by atoms with E-state index in [2.05, 4.69) is 41.3 Å². The van der Waals surface area contributed by atoms with Crippen LogP contribution in [0, 0.1) is 0 Å². The lowest BCUT2D eigenvalue weighted by molar-refractivity contribution is 0.414. The molecule has 0 radical (unpaired) electrons. The fraction of sp³-hybridized carbons (Fsp3) is 0.438. The fourth-order valence-corrected chi connectivity index (χ4v) is 3.22. The third kappa shape index (κ3) is 4.51. The Bertz CT molecular complexity index is 513. The van der Waals surface area contributed by atoms with Crippen LogP contribution < -0.4 is 10.1 Å². The van der Waals surface area contributed by atoms with E-state index in [9.17, 15) is 0 Å². The van der Waals surface area contributed by atoms with Crippen molar-refractivity contribution in [3.05, 3.63) is 42.2 Å². The summed E-state index contributed by atoms with van der Waals surface area (Å²) in [4.78, 5) is 7.45. The van der Waals surface area contributed by atoms with E-state index < -0.39 is 0 Å². The van der Waals surface area contributed by atoms with Crippen LogP contribution in [0.3, 0.4) is 0 Å². The topological polar surface area (TPSA) is 49.9 Å². The molecule has 2 aromatic rings. The zero-order valence-electron chi connectivity index (χ0n) is 12.8. The number of H-pyrrole nitrogens is 1. The van der Waals surface area contributed by atoms with Crippen molar-refractivity contribution in [2.24, 2.45) is 0 Å². The molecule has 1 heterocycles. The molecule has 0 amide bonds. The van der Waals surface area contributed by atoms with Gasteiger partial charge in [-0.25, -0.2) is 4.98 Å². The van der Waals surface area contributed by atoms with Gasteiger partial charge >= 0.3 is 0 Å². The maximum Gasteiger partial charge on any atom is 0.165 e. The van der Waals surface area contributed by atoms with Gasteiger partial charge in [0, 0.05) is 23.7 Å². The predicted octanol–water partition coefficient (Wildman–Crippen LogP) is 3.64. The summed E-state index contributed by atoms with van der Waals surface area (Å²) in [5.41, 5.74) is 1.27. The molecule has 0 fully saturated rings. The summed E-state index contributed by atoms with van der Waals surface area (Å²) in [6.07, 6.45) is 4.76. The van der Waals surface area contributed by atoms with Gasteiger partial charge in [-0.05, 0) is 30.7 Å². The lowest BCUT2D eigenvalue weighted by Crippen LogP contribution is -2.29. The Hall–Kier alpha value is -1.46. The van der Waals surface area contributed by atoms with Crippen molar-refractivity contribution in [2.75, 3.05) is 13.7 Å².